The first-order chi connectivity index (χ1) is 10.2. The summed E-state index contributed by atoms with van der Waals surface area (Å²) in [6.45, 7) is 3.59. The van der Waals surface area contributed by atoms with E-state index in [1.165, 1.54) is 0 Å². The molecule has 2 aliphatic heterocycles. The molecular formula is C14H25N3O4S. The summed E-state index contributed by atoms with van der Waals surface area (Å²) in [4.78, 5) is 25.1. The largest absolute Gasteiger partial charge is 0.370 e. The van der Waals surface area contributed by atoms with Crippen molar-refractivity contribution in [1.29, 1.82) is 0 Å². The maximum atomic E-state index is 12.1. The molecule has 0 aliphatic carbocycles. The first-order valence-electron chi connectivity index (χ1n) is 7.70. The highest BCUT2D eigenvalue weighted by atomic mass is 32.2. The second kappa shape index (κ2) is 6.54. The predicted molar refractivity (Wildman–Crippen MR) is 82.8 cm³/mol. The highest BCUT2D eigenvalue weighted by Crippen LogP contribution is 2.23. The third-order valence-corrected chi connectivity index (χ3v) is 6.41. The number of sulfone groups is 1. The van der Waals surface area contributed by atoms with Crippen molar-refractivity contribution in [3.63, 3.8) is 0 Å². The zero-order chi connectivity index (χ0) is 16.4. The van der Waals surface area contributed by atoms with Crippen LogP contribution in [-0.4, -0.2) is 61.8 Å². The molecular weight excluding hydrogens is 306 g/mol. The fourth-order valence-corrected chi connectivity index (χ4v) is 5.41. The van der Waals surface area contributed by atoms with E-state index in [0.29, 0.717) is 18.8 Å². The molecule has 126 valence electrons. The van der Waals surface area contributed by atoms with Crippen molar-refractivity contribution in [1.82, 2.24) is 10.2 Å². The topological polar surface area (TPSA) is 110 Å². The molecule has 1 atom stereocenters. The van der Waals surface area contributed by atoms with E-state index in [9.17, 15) is 18.0 Å². The highest BCUT2D eigenvalue weighted by molar-refractivity contribution is 7.91. The monoisotopic (exact) mass is 331 g/mol. The van der Waals surface area contributed by atoms with Crippen molar-refractivity contribution in [2.24, 2.45) is 11.7 Å². The quantitative estimate of drug-likeness (QED) is 0.690. The molecule has 0 aromatic heterocycles. The smallest absolute Gasteiger partial charge is 0.234 e. The van der Waals surface area contributed by atoms with Crippen molar-refractivity contribution >= 4 is 21.7 Å². The van der Waals surface area contributed by atoms with Crippen molar-refractivity contribution in [3.8, 4) is 0 Å². The fraction of sp³-hybridized carbons (Fsp3) is 0.857. The average molecular weight is 331 g/mol. The van der Waals surface area contributed by atoms with Gasteiger partial charge in [0.15, 0.2) is 9.84 Å². The van der Waals surface area contributed by atoms with Crippen LogP contribution in [0.25, 0.3) is 0 Å². The van der Waals surface area contributed by atoms with Crippen LogP contribution in [0.2, 0.25) is 0 Å². The Morgan fingerprint density at radius 3 is 2.45 bits per heavy atom. The summed E-state index contributed by atoms with van der Waals surface area (Å²) in [5.74, 6) is 0.0724. The van der Waals surface area contributed by atoms with Crippen LogP contribution in [-0.2, 0) is 19.4 Å². The number of carbonyl (C=O) groups is 2. The van der Waals surface area contributed by atoms with Crippen LogP contribution in [0, 0.1) is 5.92 Å². The number of likely N-dealkylation sites (tertiary alicyclic amines) is 1. The standard InChI is InChI=1S/C14H25N3O4S/c1-14(4-7-22(20,21)10-14)16-13(19)9-17-5-2-11(3-6-17)8-12(15)18/h11H,2-10H2,1H3,(H2,15,18)(H,16,19)/t14-/m0/s1. The summed E-state index contributed by atoms with van der Waals surface area (Å²) < 4.78 is 23.1. The first-order valence-corrected chi connectivity index (χ1v) is 9.52. The molecule has 2 fully saturated rings. The molecule has 0 radical (unpaired) electrons. The molecule has 0 unspecified atom stereocenters. The maximum Gasteiger partial charge on any atom is 0.234 e. The van der Waals surface area contributed by atoms with Gasteiger partial charge in [0.2, 0.25) is 11.8 Å². The molecule has 0 bridgehead atoms. The Hall–Kier alpha value is -1.15. The van der Waals surface area contributed by atoms with E-state index in [0.717, 1.165) is 25.9 Å². The highest BCUT2D eigenvalue weighted by Gasteiger charge is 2.39. The van der Waals surface area contributed by atoms with Crippen LogP contribution in [0.1, 0.15) is 32.6 Å². The lowest BCUT2D eigenvalue weighted by molar-refractivity contribution is -0.124. The number of nitrogens with one attached hydrogen (secondary N) is 1. The molecule has 2 rings (SSSR count). The van der Waals surface area contributed by atoms with Crippen LogP contribution >= 0.6 is 0 Å². The lowest BCUT2D eigenvalue weighted by Gasteiger charge is -2.32. The minimum absolute atomic E-state index is 0.0203. The Morgan fingerprint density at radius 2 is 1.95 bits per heavy atom. The van der Waals surface area contributed by atoms with Crippen molar-refractivity contribution < 1.29 is 18.0 Å². The van der Waals surface area contributed by atoms with E-state index in [4.69, 9.17) is 5.73 Å². The van der Waals surface area contributed by atoms with Crippen LogP contribution < -0.4 is 11.1 Å². The normalized spacial score (nSPS) is 29.3. The second-order valence-corrected chi connectivity index (χ2v) is 9.02. The summed E-state index contributed by atoms with van der Waals surface area (Å²) >= 11 is 0. The maximum absolute atomic E-state index is 12.1. The molecule has 0 saturated carbocycles. The van der Waals surface area contributed by atoms with E-state index in [1.807, 2.05) is 4.90 Å². The van der Waals surface area contributed by atoms with Gasteiger partial charge in [-0.3, -0.25) is 14.5 Å². The number of carbonyl (C=O) groups excluding carboxylic acids is 2. The number of hydrogen-bond donors (Lipinski definition) is 2. The third kappa shape index (κ3) is 4.95. The zero-order valence-corrected chi connectivity index (χ0v) is 13.8. The molecule has 2 amide bonds. The van der Waals surface area contributed by atoms with E-state index < -0.39 is 15.4 Å². The van der Waals surface area contributed by atoms with Crippen molar-refractivity contribution in [2.45, 2.75) is 38.1 Å². The summed E-state index contributed by atoms with van der Waals surface area (Å²) in [5.41, 5.74) is 4.56. The van der Waals surface area contributed by atoms with Gasteiger partial charge in [0.25, 0.3) is 0 Å². The van der Waals surface area contributed by atoms with E-state index >= 15 is 0 Å². The van der Waals surface area contributed by atoms with Gasteiger partial charge >= 0.3 is 0 Å². The minimum atomic E-state index is -3.02. The van der Waals surface area contributed by atoms with Gasteiger partial charge in [0.1, 0.15) is 0 Å². The Labute approximate surface area is 131 Å². The second-order valence-electron chi connectivity index (χ2n) is 6.84. The number of nitrogens with zero attached hydrogens (tertiary/aromatic N) is 1. The molecule has 0 aromatic rings. The van der Waals surface area contributed by atoms with Crippen molar-refractivity contribution in [3.05, 3.63) is 0 Å². The van der Waals surface area contributed by atoms with E-state index in [-0.39, 0.29) is 29.9 Å². The summed E-state index contributed by atoms with van der Waals surface area (Å²) in [6, 6.07) is 0. The molecule has 0 aromatic carbocycles. The zero-order valence-electron chi connectivity index (χ0n) is 13.0. The van der Waals surface area contributed by atoms with Gasteiger partial charge in [0.05, 0.1) is 23.6 Å². The van der Waals surface area contributed by atoms with Gasteiger partial charge in [-0.05, 0) is 45.2 Å². The van der Waals surface area contributed by atoms with Gasteiger partial charge in [-0.2, -0.15) is 0 Å². The number of piperidine rings is 1. The van der Waals surface area contributed by atoms with E-state index in [2.05, 4.69) is 5.32 Å². The summed E-state index contributed by atoms with van der Waals surface area (Å²) in [6.07, 6.45) is 2.61. The Morgan fingerprint density at radius 1 is 1.32 bits per heavy atom. The van der Waals surface area contributed by atoms with Crippen LogP contribution in [0.3, 0.4) is 0 Å². The average Bonchev–Trinajstić information content (AvgIpc) is 2.64. The molecule has 22 heavy (non-hydrogen) atoms. The summed E-state index contributed by atoms with van der Waals surface area (Å²) in [7, 11) is -3.02. The first kappa shape index (κ1) is 17.2. The third-order valence-electron chi connectivity index (χ3n) is 4.51. The molecule has 0 spiro atoms. The van der Waals surface area contributed by atoms with E-state index in [1.54, 1.807) is 6.92 Å². The van der Waals surface area contributed by atoms with Gasteiger partial charge < -0.3 is 11.1 Å². The van der Waals surface area contributed by atoms with Crippen LogP contribution in [0.5, 0.6) is 0 Å². The minimum Gasteiger partial charge on any atom is -0.370 e. The molecule has 2 heterocycles. The molecule has 7 nitrogen and oxygen atoms in total. The van der Waals surface area contributed by atoms with Gasteiger partial charge in [0, 0.05) is 6.42 Å². The van der Waals surface area contributed by atoms with Gasteiger partial charge in [-0.15, -0.1) is 0 Å². The van der Waals surface area contributed by atoms with Gasteiger partial charge in [-0.1, -0.05) is 0 Å². The van der Waals surface area contributed by atoms with Gasteiger partial charge in [-0.25, -0.2) is 8.42 Å². The number of amides is 2. The number of rotatable bonds is 5. The number of hydrogen-bond acceptors (Lipinski definition) is 5. The summed E-state index contributed by atoms with van der Waals surface area (Å²) in [5, 5.41) is 2.87. The Kier molecular flexibility index (Phi) is 5.11. The lowest BCUT2D eigenvalue weighted by atomic mass is 9.93. The number of primary amides is 1. The van der Waals surface area contributed by atoms with Crippen LogP contribution in [0.4, 0.5) is 0 Å². The molecule has 8 heteroatoms. The van der Waals surface area contributed by atoms with Crippen molar-refractivity contribution in [2.75, 3.05) is 31.1 Å². The predicted octanol–water partition coefficient (Wildman–Crippen LogP) is -0.733. The SMILES string of the molecule is C[C@]1(NC(=O)CN2CCC(CC(N)=O)CC2)CCS(=O)(=O)C1. The molecule has 2 aliphatic rings. The fourth-order valence-electron chi connectivity index (χ4n) is 3.32. The molecule has 3 N–H and O–H groups in total. The Balaban J connectivity index is 1.76. The Bertz CT molecular complexity index is 540. The number of nitrogens with two attached hydrogens (primary N) is 1. The molecule has 2 saturated heterocycles. The lowest BCUT2D eigenvalue weighted by Crippen LogP contribution is -2.51. The van der Waals surface area contributed by atoms with Crippen LogP contribution in [0.15, 0.2) is 0 Å².